The normalized spacial score (nSPS) is 41.1. The molecule has 0 aromatic heterocycles. The third-order valence-corrected chi connectivity index (χ3v) is 5.10. The molecule has 96 valence electrons. The first-order valence-corrected chi connectivity index (χ1v) is 7.19. The molecule has 0 N–H and O–H groups in total. The lowest BCUT2D eigenvalue weighted by Gasteiger charge is -2.40. The minimum Gasteiger partial charge on any atom is -0.299 e. The van der Waals surface area contributed by atoms with Gasteiger partial charge in [-0.15, -0.1) is 0 Å². The van der Waals surface area contributed by atoms with Gasteiger partial charge in [0.25, 0.3) is 0 Å². The van der Waals surface area contributed by atoms with Gasteiger partial charge >= 0.3 is 0 Å². The van der Waals surface area contributed by atoms with E-state index in [2.05, 4.69) is 23.6 Å². The Bertz CT molecular complexity index is 313. The number of likely N-dealkylation sites (tertiary alicyclic amines) is 2. The predicted octanol–water partition coefficient (Wildman–Crippen LogP) is 1.52. The molecule has 3 heteroatoms. The van der Waals surface area contributed by atoms with E-state index in [0.717, 1.165) is 19.0 Å². The summed E-state index contributed by atoms with van der Waals surface area (Å²) in [7, 11) is 0. The van der Waals surface area contributed by atoms with Crippen LogP contribution in [-0.2, 0) is 4.79 Å². The number of ketones is 1. The Morgan fingerprint density at radius 3 is 2.53 bits per heavy atom. The van der Waals surface area contributed by atoms with E-state index in [1.165, 1.54) is 32.4 Å². The van der Waals surface area contributed by atoms with Crippen LogP contribution in [0.25, 0.3) is 0 Å². The summed E-state index contributed by atoms with van der Waals surface area (Å²) in [5.74, 6) is 0.699. The fourth-order valence-corrected chi connectivity index (χ4v) is 3.55. The third kappa shape index (κ3) is 2.15. The summed E-state index contributed by atoms with van der Waals surface area (Å²) in [6.45, 7) is 7.86. The van der Waals surface area contributed by atoms with Crippen molar-refractivity contribution in [3.8, 4) is 0 Å². The number of rotatable bonds is 2. The Morgan fingerprint density at radius 2 is 1.82 bits per heavy atom. The lowest BCUT2D eigenvalue weighted by atomic mass is 9.89. The van der Waals surface area contributed by atoms with Crippen LogP contribution < -0.4 is 0 Å². The van der Waals surface area contributed by atoms with Gasteiger partial charge < -0.3 is 0 Å². The topological polar surface area (TPSA) is 23.6 Å². The molecule has 17 heavy (non-hydrogen) atoms. The average Bonchev–Trinajstić information content (AvgIpc) is 3.06. The van der Waals surface area contributed by atoms with Crippen LogP contribution in [0.5, 0.6) is 0 Å². The highest BCUT2D eigenvalue weighted by Gasteiger charge is 2.40. The van der Waals surface area contributed by atoms with Gasteiger partial charge in [0.1, 0.15) is 5.78 Å². The molecule has 0 aromatic rings. The summed E-state index contributed by atoms with van der Waals surface area (Å²) >= 11 is 0. The molecule has 0 spiro atoms. The molecule has 2 saturated heterocycles. The van der Waals surface area contributed by atoms with Crippen molar-refractivity contribution in [2.24, 2.45) is 5.92 Å². The zero-order chi connectivity index (χ0) is 12.0. The first-order chi connectivity index (χ1) is 8.16. The van der Waals surface area contributed by atoms with E-state index in [1.807, 2.05) is 0 Å². The van der Waals surface area contributed by atoms with Crippen LogP contribution in [0.4, 0.5) is 0 Å². The molecule has 3 unspecified atom stereocenters. The molecule has 3 aliphatic rings. The van der Waals surface area contributed by atoms with Crippen LogP contribution in [-0.4, -0.2) is 53.3 Å². The SMILES string of the molecule is CC1C(=O)CCN(C2CCN(C3CC3)C2)C1C. The molecule has 0 bridgehead atoms. The minimum absolute atomic E-state index is 0.235. The molecule has 3 atom stereocenters. The minimum atomic E-state index is 0.235. The summed E-state index contributed by atoms with van der Waals surface area (Å²) in [5, 5.41) is 0. The van der Waals surface area contributed by atoms with Crippen LogP contribution in [0.3, 0.4) is 0 Å². The van der Waals surface area contributed by atoms with Crippen LogP contribution in [0.15, 0.2) is 0 Å². The number of carbonyl (C=O) groups excluding carboxylic acids is 1. The van der Waals surface area contributed by atoms with E-state index in [4.69, 9.17) is 0 Å². The molecular weight excluding hydrogens is 212 g/mol. The second-order valence-corrected chi connectivity index (χ2v) is 6.15. The zero-order valence-electron chi connectivity index (χ0n) is 11.1. The molecule has 3 nitrogen and oxygen atoms in total. The zero-order valence-corrected chi connectivity index (χ0v) is 11.1. The van der Waals surface area contributed by atoms with Crippen LogP contribution in [0.1, 0.15) is 39.5 Å². The number of Topliss-reactive ketones (excluding diaryl/α,β-unsaturated/α-hetero) is 1. The highest BCUT2D eigenvalue weighted by atomic mass is 16.1. The Labute approximate surface area is 104 Å². The maximum absolute atomic E-state index is 11.7. The van der Waals surface area contributed by atoms with Gasteiger partial charge in [-0.25, -0.2) is 0 Å². The van der Waals surface area contributed by atoms with Crippen molar-refractivity contribution < 1.29 is 4.79 Å². The molecule has 3 fully saturated rings. The second-order valence-electron chi connectivity index (χ2n) is 6.15. The fourth-order valence-electron chi connectivity index (χ4n) is 3.55. The molecule has 0 amide bonds. The van der Waals surface area contributed by atoms with Gasteiger partial charge in [0.15, 0.2) is 0 Å². The van der Waals surface area contributed by atoms with E-state index in [0.29, 0.717) is 17.9 Å². The lowest BCUT2D eigenvalue weighted by Crippen LogP contribution is -2.52. The van der Waals surface area contributed by atoms with Gasteiger partial charge in [-0.05, 0) is 26.2 Å². The maximum Gasteiger partial charge on any atom is 0.138 e. The van der Waals surface area contributed by atoms with Crippen molar-refractivity contribution in [1.82, 2.24) is 9.80 Å². The molecular formula is C14H24N2O. The van der Waals surface area contributed by atoms with E-state index in [1.54, 1.807) is 0 Å². The molecule has 3 rings (SSSR count). The number of hydrogen-bond donors (Lipinski definition) is 0. The van der Waals surface area contributed by atoms with Crippen LogP contribution >= 0.6 is 0 Å². The lowest BCUT2D eigenvalue weighted by molar-refractivity contribution is -0.128. The molecule has 0 aromatic carbocycles. The monoisotopic (exact) mass is 236 g/mol. The average molecular weight is 236 g/mol. The summed E-state index contributed by atoms with van der Waals surface area (Å²) in [6, 6.07) is 2.06. The van der Waals surface area contributed by atoms with Crippen molar-refractivity contribution >= 4 is 5.78 Å². The summed E-state index contributed by atoms with van der Waals surface area (Å²) in [4.78, 5) is 17.0. The third-order valence-electron chi connectivity index (χ3n) is 5.10. The first kappa shape index (κ1) is 11.7. The Morgan fingerprint density at radius 1 is 1.06 bits per heavy atom. The molecule has 1 saturated carbocycles. The maximum atomic E-state index is 11.7. The standard InChI is InChI=1S/C14H24N2O/c1-10-11(2)16(8-6-14(10)17)13-5-7-15(9-13)12-3-4-12/h10-13H,3-9H2,1-2H3. The Kier molecular flexibility index (Phi) is 2.99. The van der Waals surface area contributed by atoms with Gasteiger partial charge in [-0.1, -0.05) is 6.92 Å². The number of nitrogens with zero attached hydrogens (tertiary/aromatic N) is 2. The molecule has 1 aliphatic carbocycles. The molecule has 2 aliphatic heterocycles. The summed E-state index contributed by atoms with van der Waals surface area (Å²) in [6.07, 6.45) is 4.90. The molecule has 0 radical (unpaired) electrons. The number of carbonyl (C=O) groups is 1. The van der Waals surface area contributed by atoms with Gasteiger partial charge in [-0.3, -0.25) is 14.6 Å². The van der Waals surface area contributed by atoms with Gasteiger partial charge in [-0.2, -0.15) is 0 Å². The number of hydrogen-bond acceptors (Lipinski definition) is 3. The van der Waals surface area contributed by atoms with Crippen LogP contribution in [0, 0.1) is 5.92 Å². The van der Waals surface area contributed by atoms with Gasteiger partial charge in [0.2, 0.25) is 0 Å². The Balaban J connectivity index is 1.62. The quantitative estimate of drug-likeness (QED) is 0.726. The van der Waals surface area contributed by atoms with E-state index >= 15 is 0 Å². The highest BCUT2D eigenvalue weighted by molar-refractivity contribution is 5.82. The largest absolute Gasteiger partial charge is 0.299 e. The second kappa shape index (κ2) is 4.36. The van der Waals surface area contributed by atoms with Gasteiger partial charge in [0.05, 0.1) is 0 Å². The predicted molar refractivity (Wildman–Crippen MR) is 68.0 cm³/mol. The summed E-state index contributed by atoms with van der Waals surface area (Å²) < 4.78 is 0. The molecule has 2 heterocycles. The summed E-state index contributed by atoms with van der Waals surface area (Å²) in [5.41, 5.74) is 0. The van der Waals surface area contributed by atoms with Crippen LogP contribution in [0.2, 0.25) is 0 Å². The van der Waals surface area contributed by atoms with Crippen molar-refractivity contribution in [3.05, 3.63) is 0 Å². The van der Waals surface area contributed by atoms with E-state index in [9.17, 15) is 4.79 Å². The van der Waals surface area contributed by atoms with E-state index in [-0.39, 0.29) is 5.92 Å². The smallest absolute Gasteiger partial charge is 0.138 e. The number of piperidine rings is 1. The highest BCUT2D eigenvalue weighted by Crippen LogP contribution is 2.33. The fraction of sp³-hybridized carbons (Fsp3) is 0.929. The van der Waals surface area contributed by atoms with Crippen molar-refractivity contribution in [2.45, 2.75) is 57.7 Å². The first-order valence-electron chi connectivity index (χ1n) is 7.19. The van der Waals surface area contributed by atoms with Crippen molar-refractivity contribution in [1.29, 1.82) is 0 Å². The van der Waals surface area contributed by atoms with Gasteiger partial charge in [0, 0.05) is 50.1 Å². The van der Waals surface area contributed by atoms with Crippen molar-refractivity contribution in [3.63, 3.8) is 0 Å². The van der Waals surface area contributed by atoms with Crippen molar-refractivity contribution in [2.75, 3.05) is 19.6 Å². The van der Waals surface area contributed by atoms with E-state index < -0.39 is 0 Å². The Hall–Kier alpha value is -0.410.